The monoisotopic (exact) mass is 262 g/mol. The zero-order valence-corrected chi connectivity index (χ0v) is 10.9. The van der Waals surface area contributed by atoms with Gasteiger partial charge in [-0.3, -0.25) is 0 Å². The van der Waals surface area contributed by atoms with Crippen LogP contribution in [0.1, 0.15) is 29.5 Å². The summed E-state index contributed by atoms with van der Waals surface area (Å²) in [6, 6.07) is 3.96. The molecule has 1 atom stereocenters. The summed E-state index contributed by atoms with van der Waals surface area (Å²) in [5, 5.41) is 11.2. The van der Waals surface area contributed by atoms with Gasteiger partial charge >= 0.3 is 5.97 Å². The largest absolute Gasteiger partial charge is 0.476 e. The quantitative estimate of drug-likeness (QED) is 0.905. The third kappa shape index (κ3) is 1.75. The van der Waals surface area contributed by atoms with Crippen molar-refractivity contribution in [3.05, 3.63) is 28.9 Å². The lowest BCUT2D eigenvalue weighted by molar-refractivity contribution is 0.0689. The molecule has 0 amide bonds. The highest BCUT2D eigenvalue weighted by Gasteiger charge is 2.27. The van der Waals surface area contributed by atoms with Crippen LogP contribution in [0, 0.1) is 5.92 Å². The summed E-state index contributed by atoms with van der Waals surface area (Å²) in [6.45, 7) is 3.06. The van der Waals surface area contributed by atoms with Gasteiger partial charge in [-0.15, -0.1) is 11.3 Å². The summed E-state index contributed by atoms with van der Waals surface area (Å²) >= 11 is 1.60. The second kappa shape index (κ2) is 4.24. The van der Waals surface area contributed by atoms with Gasteiger partial charge in [-0.2, -0.15) is 0 Å². The molecule has 0 radical (unpaired) electrons. The number of hydrogen-bond acceptors (Lipinski definition) is 3. The molecule has 2 aromatic heterocycles. The van der Waals surface area contributed by atoms with Crippen molar-refractivity contribution in [3.63, 3.8) is 0 Å². The molecule has 1 aliphatic heterocycles. The van der Waals surface area contributed by atoms with Gasteiger partial charge in [0, 0.05) is 6.54 Å². The number of aromatic carboxylic acids is 1. The fourth-order valence-corrected chi connectivity index (χ4v) is 3.21. The van der Waals surface area contributed by atoms with Gasteiger partial charge in [-0.1, -0.05) is 13.0 Å². The normalized spacial score (nSPS) is 18.6. The number of carboxylic acid groups (broad SMARTS) is 1. The minimum atomic E-state index is -0.920. The Balaban J connectivity index is 2.18. The molecule has 0 aromatic carbocycles. The molecule has 5 heteroatoms. The molecular weight excluding hydrogens is 248 g/mol. The molecule has 3 heterocycles. The molecule has 1 unspecified atom stereocenters. The van der Waals surface area contributed by atoms with Crippen molar-refractivity contribution < 1.29 is 9.90 Å². The summed E-state index contributed by atoms with van der Waals surface area (Å²) in [5.74, 6) is 0.465. The standard InChI is InChI=1S/C13H14N2O2S/c1-8-4-5-9-11(13(16)17)14-12(15(9)7-8)10-3-2-6-18-10/h2-3,6,8H,4-5,7H2,1H3,(H,16,17). The van der Waals surface area contributed by atoms with Gasteiger partial charge in [0.05, 0.1) is 10.6 Å². The van der Waals surface area contributed by atoms with Crippen LogP contribution in [0.2, 0.25) is 0 Å². The van der Waals surface area contributed by atoms with Gasteiger partial charge in [0.25, 0.3) is 0 Å². The van der Waals surface area contributed by atoms with E-state index >= 15 is 0 Å². The molecule has 0 fully saturated rings. The third-order valence-electron chi connectivity index (χ3n) is 3.38. The fraction of sp³-hybridized carbons (Fsp3) is 0.385. The topological polar surface area (TPSA) is 55.1 Å². The number of hydrogen-bond donors (Lipinski definition) is 1. The summed E-state index contributed by atoms with van der Waals surface area (Å²) in [4.78, 5) is 16.6. The highest BCUT2D eigenvalue weighted by atomic mass is 32.1. The summed E-state index contributed by atoms with van der Waals surface area (Å²) < 4.78 is 2.09. The van der Waals surface area contributed by atoms with E-state index in [-0.39, 0.29) is 5.69 Å². The minimum absolute atomic E-state index is 0.227. The Hall–Kier alpha value is -1.62. The van der Waals surface area contributed by atoms with Crippen LogP contribution in [0.25, 0.3) is 10.7 Å². The van der Waals surface area contributed by atoms with E-state index < -0.39 is 5.97 Å². The van der Waals surface area contributed by atoms with Gasteiger partial charge < -0.3 is 9.67 Å². The second-order valence-corrected chi connectivity index (χ2v) is 5.72. The van der Waals surface area contributed by atoms with Crippen molar-refractivity contribution in [2.24, 2.45) is 5.92 Å². The number of carboxylic acids is 1. The van der Waals surface area contributed by atoms with Gasteiger partial charge in [-0.05, 0) is 30.2 Å². The summed E-state index contributed by atoms with van der Waals surface area (Å²) in [6.07, 6.45) is 1.84. The van der Waals surface area contributed by atoms with Gasteiger partial charge in [-0.25, -0.2) is 9.78 Å². The lowest BCUT2D eigenvalue weighted by Gasteiger charge is -2.22. The van der Waals surface area contributed by atoms with Crippen molar-refractivity contribution in [2.45, 2.75) is 26.3 Å². The van der Waals surface area contributed by atoms with Crippen LogP contribution in [-0.2, 0) is 13.0 Å². The minimum Gasteiger partial charge on any atom is -0.476 e. The Labute approximate surface area is 109 Å². The first-order valence-corrected chi connectivity index (χ1v) is 6.91. The molecule has 18 heavy (non-hydrogen) atoms. The summed E-state index contributed by atoms with van der Waals surface area (Å²) in [7, 11) is 0. The lowest BCUT2D eigenvalue weighted by atomic mass is 9.99. The zero-order chi connectivity index (χ0) is 12.7. The fourth-order valence-electron chi connectivity index (χ4n) is 2.49. The maximum absolute atomic E-state index is 11.3. The van der Waals surface area contributed by atoms with Crippen LogP contribution in [0.15, 0.2) is 17.5 Å². The Bertz CT molecular complexity index is 586. The van der Waals surface area contributed by atoms with Crippen molar-refractivity contribution in [1.29, 1.82) is 0 Å². The number of fused-ring (bicyclic) bond motifs is 1. The Kier molecular flexibility index (Phi) is 2.70. The molecule has 1 N–H and O–H groups in total. The first-order valence-electron chi connectivity index (χ1n) is 6.03. The van der Waals surface area contributed by atoms with E-state index in [1.807, 2.05) is 17.5 Å². The van der Waals surface area contributed by atoms with E-state index in [9.17, 15) is 9.90 Å². The summed E-state index contributed by atoms with van der Waals surface area (Å²) in [5.41, 5.74) is 1.11. The van der Waals surface area contributed by atoms with Crippen LogP contribution >= 0.6 is 11.3 Å². The average Bonchev–Trinajstić information content (AvgIpc) is 2.93. The van der Waals surface area contributed by atoms with E-state index in [0.29, 0.717) is 5.92 Å². The third-order valence-corrected chi connectivity index (χ3v) is 4.25. The molecule has 0 saturated heterocycles. The molecule has 0 aliphatic carbocycles. The first kappa shape index (κ1) is 11.5. The Morgan fingerprint density at radius 1 is 1.61 bits per heavy atom. The highest BCUT2D eigenvalue weighted by molar-refractivity contribution is 7.13. The van der Waals surface area contributed by atoms with Crippen LogP contribution in [0.5, 0.6) is 0 Å². The van der Waals surface area contributed by atoms with Crippen LogP contribution < -0.4 is 0 Å². The highest BCUT2D eigenvalue weighted by Crippen LogP contribution is 2.31. The van der Waals surface area contributed by atoms with Crippen molar-refractivity contribution >= 4 is 17.3 Å². The van der Waals surface area contributed by atoms with E-state index in [1.165, 1.54) is 0 Å². The van der Waals surface area contributed by atoms with Crippen molar-refractivity contribution in [2.75, 3.05) is 0 Å². The van der Waals surface area contributed by atoms with Gasteiger partial charge in [0.1, 0.15) is 0 Å². The molecule has 2 aromatic rings. The van der Waals surface area contributed by atoms with E-state index in [4.69, 9.17) is 0 Å². The first-order chi connectivity index (χ1) is 8.66. The molecule has 94 valence electrons. The van der Waals surface area contributed by atoms with Crippen molar-refractivity contribution in [1.82, 2.24) is 9.55 Å². The maximum atomic E-state index is 11.3. The number of thiophene rings is 1. The Morgan fingerprint density at radius 2 is 2.44 bits per heavy atom. The van der Waals surface area contributed by atoms with Gasteiger partial charge in [0.15, 0.2) is 11.5 Å². The predicted octanol–water partition coefficient (Wildman–Crippen LogP) is 2.89. The Morgan fingerprint density at radius 3 is 3.11 bits per heavy atom. The average molecular weight is 262 g/mol. The predicted molar refractivity (Wildman–Crippen MR) is 70.0 cm³/mol. The molecule has 1 aliphatic rings. The molecular formula is C13H14N2O2S. The van der Waals surface area contributed by atoms with E-state index in [0.717, 1.165) is 35.8 Å². The molecule has 4 nitrogen and oxygen atoms in total. The number of nitrogens with zero attached hydrogens (tertiary/aromatic N) is 2. The zero-order valence-electron chi connectivity index (χ0n) is 10.1. The molecule has 0 saturated carbocycles. The van der Waals surface area contributed by atoms with Crippen LogP contribution in [-0.4, -0.2) is 20.6 Å². The number of carbonyl (C=O) groups is 1. The van der Waals surface area contributed by atoms with Gasteiger partial charge in [0.2, 0.25) is 0 Å². The number of aromatic nitrogens is 2. The molecule has 3 rings (SSSR count). The second-order valence-electron chi connectivity index (χ2n) is 4.77. The van der Waals surface area contributed by atoms with Crippen molar-refractivity contribution in [3.8, 4) is 10.7 Å². The van der Waals surface area contributed by atoms with Crippen LogP contribution in [0.3, 0.4) is 0 Å². The smallest absolute Gasteiger partial charge is 0.356 e. The number of imidazole rings is 1. The van der Waals surface area contributed by atoms with E-state index in [2.05, 4.69) is 16.5 Å². The van der Waals surface area contributed by atoms with Crippen LogP contribution in [0.4, 0.5) is 0 Å². The lowest BCUT2D eigenvalue weighted by Crippen LogP contribution is -2.19. The maximum Gasteiger partial charge on any atom is 0.356 e. The van der Waals surface area contributed by atoms with E-state index in [1.54, 1.807) is 11.3 Å². The molecule has 0 bridgehead atoms. The number of rotatable bonds is 2. The molecule has 0 spiro atoms. The SMILES string of the molecule is CC1CCc2c(C(=O)O)nc(-c3cccs3)n2C1.